The molecule has 0 saturated carbocycles. The molecule has 0 aliphatic carbocycles. The summed E-state index contributed by atoms with van der Waals surface area (Å²) in [4.78, 5) is 2.66. The molecule has 0 spiro atoms. The van der Waals surface area contributed by atoms with Gasteiger partial charge in [0.05, 0.1) is 0 Å². The first-order valence-corrected chi connectivity index (χ1v) is 7.47. The van der Waals surface area contributed by atoms with E-state index < -0.39 is 0 Å². The van der Waals surface area contributed by atoms with Gasteiger partial charge in [-0.1, -0.05) is 17.7 Å². The molecule has 1 aromatic carbocycles. The molecule has 102 valence electrons. The van der Waals surface area contributed by atoms with Crippen molar-refractivity contribution in [3.63, 3.8) is 0 Å². The summed E-state index contributed by atoms with van der Waals surface area (Å²) in [6.45, 7) is 4.66. The van der Waals surface area contributed by atoms with E-state index in [4.69, 9.17) is 11.6 Å². The zero-order valence-electron chi connectivity index (χ0n) is 11.0. The van der Waals surface area contributed by atoms with Crippen LogP contribution in [-0.2, 0) is 13.0 Å². The summed E-state index contributed by atoms with van der Waals surface area (Å²) in [7, 11) is 0. The van der Waals surface area contributed by atoms with Gasteiger partial charge >= 0.3 is 0 Å². The van der Waals surface area contributed by atoms with Crippen molar-refractivity contribution in [2.45, 2.75) is 32.9 Å². The molecule has 2 aromatic rings. The van der Waals surface area contributed by atoms with Crippen molar-refractivity contribution in [2.75, 3.05) is 0 Å². The number of halogens is 2. The normalized spacial score (nSPS) is 12.6. The maximum Gasteiger partial charge on any atom is 0.129 e. The second kappa shape index (κ2) is 6.51. The quantitative estimate of drug-likeness (QED) is 0.852. The SMILES string of the molecule is Cc1ccc(CC(C)NCc2c(F)cccc2Cl)s1. The fourth-order valence-electron chi connectivity index (χ4n) is 1.95. The predicted molar refractivity (Wildman–Crippen MR) is 80.5 cm³/mol. The molecule has 0 bridgehead atoms. The fraction of sp³-hybridized carbons (Fsp3) is 0.333. The minimum absolute atomic E-state index is 0.251. The van der Waals surface area contributed by atoms with E-state index in [2.05, 4.69) is 31.3 Å². The molecule has 1 heterocycles. The van der Waals surface area contributed by atoms with Gasteiger partial charge in [-0.25, -0.2) is 4.39 Å². The van der Waals surface area contributed by atoms with Crippen LogP contribution in [0.2, 0.25) is 5.02 Å². The Morgan fingerprint density at radius 2 is 2.11 bits per heavy atom. The molecule has 1 nitrogen and oxygen atoms in total. The highest BCUT2D eigenvalue weighted by Gasteiger charge is 2.09. The summed E-state index contributed by atoms with van der Waals surface area (Å²) in [5.41, 5.74) is 0.540. The van der Waals surface area contributed by atoms with Gasteiger partial charge in [0.2, 0.25) is 0 Å². The molecule has 2 rings (SSSR count). The molecule has 0 amide bonds. The molecule has 0 aliphatic rings. The van der Waals surface area contributed by atoms with Crippen molar-refractivity contribution in [3.8, 4) is 0 Å². The third kappa shape index (κ3) is 4.03. The predicted octanol–water partition coefficient (Wildman–Crippen LogP) is 4.57. The summed E-state index contributed by atoms with van der Waals surface area (Å²) in [5, 5.41) is 3.80. The second-order valence-corrected chi connectivity index (χ2v) is 6.48. The smallest absolute Gasteiger partial charge is 0.129 e. The minimum Gasteiger partial charge on any atom is -0.310 e. The summed E-state index contributed by atoms with van der Waals surface area (Å²) >= 11 is 7.80. The highest BCUT2D eigenvalue weighted by Crippen LogP contribution is 2.20. The Morgan fingerprint density at radius 1 is 1.32 bits per heavy atom. The Hall–Kier alpha value is -0.900. The van der Waals surface area contributed by atoms with E-state index in [0.29, 0.717) is 17.1 Å². The van der Waals surface area contributed by atoms with E-state index in [1.165, 1.54) is 15.8 Å². The number of aryl methyl sites for hydroxylation is 1. The Kier molecular flexibility index (Phi) is 4.97. The summed E-state index contributed by atoms with van der Waals surface area (Å²) in [6.07, 6.45) is 0.949. The van der Waals surface area contributed by atoms with Gasteiger partial charge in [0.25, 0.3) is 0 Å². The van der Waals surface area contributed by atoms with Crippen molar-refractivity contribution >= 4 is 22.9 Å². The number of nitrogens with one attached hydrogen (secondary N) is 1. The highest BCUT2D eigenvalue weighted by atomic mass is 35.5. The molecule has 0 radical (unpaired) electrons. The van der Waals surface area contributed by atoms with Crippen molar-refractivity contribution in [1.29, 1.82) is 0 Å². The Labute approximate surface area is 122 Å². The van der Waals surface area contributed by atoms with Crippen LogP contribution in [0.1, 0.15) is 22.2 Å². The van der Waals surface area contributed by atoms with Gasteiger partial charge in [0.15, 0.2) is 0 Å². The van der Waals surface area contributed by atoms with Crippen LogP contribution in [-0.4, -0.2) is 6.04 Å². The standard InChI is InChI=1S/C15H17ClFNS/c1-10(8-12-7-6-11(2)19-12)18-9-13-14(16)4-3-5-15(13)17/h3-7,10,18H,8-9H2,1-2H3. The molecule has 1 atom stereocenters. The molecule has 1 N–H and O–H groups in total. The van der Waals surface area contributed by atoms with Gasteiger partial charge in [-0.05, 0) is 44.5 Å². The van der Waals surface area contributed by atoms with Crippen LogP contribution in [0.5, 0.6) is 0 Å². The zero-order valence-corrected chi connectivity index (χ0v) is 12.6. The Bertz CT molecular complexity index is 533. The topological polar surface area (TPSA) is 12.0 Å². The van der Waals surface area contributed by atoms with Crippen LogP contribution in [0.3, 0.4) is 0 Å². The molecule has 1 unspecified atom stereocenters. The van der Waals surface area contributed by atoms with Crippen LogP contribution in [0.4, 0.5) is 4.39 Å². The van der Waals surface area contributed by atoms with Crippen molar-refractivity contribution in [2.24, 2.45) is 0 Å². The molecule has 0 aliphatic heterocycles. The lowest BCUT2D eigenvalue weighted by atomic mass is 10.1. The van der Waals surface area contributed by atoms with Crippen LogP contribution in [0, 0.1) is 12.7 Å². The van der Waals surface area contributed by atoms with Crippen LogP contribution in [0.25, 0.3) is 0 Å². The average molecular weight is 298 g/mol. The van der Waals surface area contributed by atoms with Gasteiger partial charge in [-0.2, -0.15) is 0 Å². The largest absolute Gasteiger partial charge is 0.310 e. The molecular weight excluding hydrogens is 281 g/mol. The number of rotatable bonds is 5. The Morgan fingerprint density at radius 3 is 2.74 bits per heavy atom. The lowest BCUT2D eigenvalue weighted by Crippen LogP contribution is -2.27. The van der Waals surface area contributed by atoms with Gasteiger partial charge in [-0.15, -0.1) is 11.3 Å². The third-order valence-corrected chi connectivity index (χ3v) is 4.37. The molecular formula is C15H17ClFNS. The van der Waals surface area contributed by atoms with E-state index in [1.54, 1.807) is 23.5 Å². The fourth-order valence-corrected chi connectivity index (χ4v) is 3.20. The van der Waals surface area contributed by atoms with E-state index in [-0.39, 0.29) is 11.9 Å². The summed E-state index contributed by atoms with van der Waals surface area (Å²) in [6, 6.07) is 9.34. The maximum absolute atomic E-state index is 13.6. The number of hydrogen-bond donors (Lipinski definition) is 1. The highest BCUT2D eigenvalue weighted by molar-refractivity contribution is 7.11. The first kappa shape index (κ1) is 14.5. The molecule has 0 saturated heterocycles. The maximum atomic E-state index is 13.6. The molecule has 19 heavy (non-hydrogen) atoms. The number of benzene rings is 1. The van der Waals surface area contributed by atoms with Gasteiger partial charge in [-0.3, -0.25) is 0 Å². The second-order valence-electron chi connectivity index (χ2n) is 4.70. The van der Waals surface area contributed by atoms with Crippen molar-refractivity contribution < 1.29 is 4.39 Å². The first-order valence-electron chi connectivity index (χ1n) is 6.28. The van der Waals surface area contributed by atoms with Crippen molar-refractivity contribution in [1.82, 2.24) is 5.32 Å². The van der Waals surface area contributed by atoms with Crippen LogP contribution < -0.4 is 5.32 Å². The van der Waals surface area contributed by atoms with E-state index >= 15 is 0 Å². The van der Waals surface area contributed by atoms with Crippen LogP contribution >= 0.6 is 22.9 Å². The molecule has 4 heteroatoms. The number of hydrogen-bond acceptors (Lipinski definition) is 2. The Balaban J connectivity index is 1.91. The van der Waals surface area contributed by atoms with E-state index in [9.17, 15) is 4.39 Å². The van der Waals surface area contributed by atoms with E-state index in [1.807, 2.05) is 0 Å². The average Bonchev–Trinajstić information content (AvgIpc) is 2.74. The number of thiophene rings is 1. The lowest BCUT2D eigenvalue weighted by Gasteiger charge is -2.14. The minimum atomic E-state index is -0.251. The molecule has 1 aromatic heterocycles. The lowest BCUT2D eigenvalue weighted by molar-refractivity contribution is 0.528. The zero-order chi connectivity index (χ0) is 13.8. The van der Waals surface area contributed by atoms with E-state index in [0.717, 1.165) is 6.42 Å². The molecule has 0 fully saturated rings. The summed E-state index contributed by atoms with van der Waals surface area (Å²) < 4.78 is 13.6. The summed E-state index contributed by atoms with van der Waals surface area (Å²) in [5.74, 6) is -0.251. The van der Waals surface area contributed by atoms with Gasteiger partial charge < -0.3 is 5.32 Å². The van der Waals surface area contributed by atoms with Gasteiger partial charge in [0.1, 0.15) is 5.82 Å². The van der Waals surface area contributed by atoms with Gasteiger partial charge in [0, 0.05) is 32.9 Å². The first-order chi connectivity index (χ1) is 9.06. The van der Waals surface area contributed by atoms with Crippen LogP contribution in [0.15, 0.2) is 30.3 Å². The monoisotopic (exact) mass is 297 g/mol. The van der Waals surface area contributed by atoms with Crippen molar-refractivity contribution in [3.05, 3.63) is 56.5 Å². The third-order valence-electron chi connectivity index (χ3n) is 2.99.